The Bertz CT molecular complexity index is 1030. The van der Waals surface area contributed by atoms with Crippen LogP contribution in [0.3, 0.4) is 0 Å². The molecule has 2 aromatic rings. The number of carbonyl (C=O) groups is 1. The molecule has 0 atom stereocenters. The summed E-state index contributed by atoms with van der Waals surface area (Å²) < 4.78 is 23.8. The highest BCUT2D eigenvalue weighted by atomic mass is 32.2. The van der Waals surface area contributed by atoms with Crippen LogP contribution < -0.4 is 15.8 Å². The minimum absolute atomic E-state index is 0.0179. The molecular formula is C18H25N7O5S. The molecule has 0 bridgehead atoms. The molecule has 1 aliphatic heterocycles. The van der Waals surface area contributed by atoms with Gasteiger partial charge < -0.3 is 20.7 Å². The van der Waals surface area contributed by atoms with Gasteiger partial charge in [0.15, 0.2) is 18.6 Å². The van der Waals surface area contributed by atoms with Crippen molar-refractivity contribution >= 4 is 21.7 Å². The smallest absolute Gasteiger partial charge is 0.347 e. The van der Waals surface area contributed by atoms with E-state index in [1.807, 2.05) is 0 Å². The summed E-state index contributed by atoms with van der Waals surface area (Å²) in [5.74, 6) is -0.553. The number of primary sulfonamides is 1. The molecule has 3 rings (SSSR count). The number of hydrogen-bond donors (Lipinski definition) is 3. The van der Waals surface area contributed by atoms with Gasteiger partial charge in [0.05, 0.1) is 4.90 Å². The third kappa shape index (κ3) is 6.30. The van der Waals surface area contributed by atoms with Crippen molar-refractivity contribution in [3.8, 4) is 0 Å². The number of piperazine rings is 1. The van der Waals surface area contributed by atoms with Crippen molar-refractivity contribution in [2.45, 2.75) is 24.4 Å². The molecule has 1 aliphatic rings. The van der Waals surface area contributed by atoms with Crippen molar-refractivity contribution < 1.29 is 18.1 Å². The van der Waals surface area contributed by atoms with Crippen molar-refractivity contribution in [1.82, 2.24) is 25.1 Å². The minimum atomic E-state index is -3.75. The van der Waals surface area contributed by atoms with E-state index < -0.39 is 14.9 Å². The second-order valence-corrected chi connectivity index (χ2v) is 8.78. The Morgan fingerprint density at radius 3 is 2.55 bits per heavy atom. The highest BCUT2D eigenvalue weighted by Crippen LogP contribution is 2.19. The van der Waals surface area contributed by atoms with Crippen molar-refractivity contribution in [1.29, 1.82) is 0 Å². The summed E-state index contributed by atoms with van der Waals surface area (Å²) in [4.78, 5) is 29.6. The van der Waals surface area contributed by atoms with Crippen LogP contribution in [0.15, 0.2) is 35.5 Å². The fourth-order valence-corrected chi connectivity index (χ4v) is 3.85. The SMILES string of the molecule is NS(=O)(=O)c1ccc(CCNC(=O)Cn2cnc(CN3CCNCC3)c2[N+](=O)[O-])cc1. The van der Waals surface area contributed by atoms with Crippen LogP contribution in [-0.4, -0.2) is 66.4 Å². The standard InChI is InChI=1S/C18H25N7O5S/c19-31(29,30)15-3-1-14(2-4-15)5-6-21-17(26)12-24-13-22-16(18(24)25(27)28)11-23-9-7-20-8-10-23/h1-4,13,20H,5-12H2,(H,21,26)(H2,19,29,30). The van der Waals surface area contributed by atoms with Gasteiger partial charge in [0.2, 0.25) is 10.0 Å². The zero-order valence-corrected chi connectivity index (χ0v) is 17.7. The van der Waals surface area contributed by atoms with Crippen LogP contribution in [0.4, 0.5) is 5.82 Å². The lowest BCUT2D eigenvalue weighted by Gasteiger charge is -2.26. The van der Waals surface area contributed by atoms with Crippen LogP contribution in [0.25, 0.3) is 0 Å². The molecule has 0 unspecified atom stereocenters. The number of imidazole rings is 1. The monoisotopic (exact) mass is 451 g/mol. The van der Waals surface area contributed by atoms with Gasteiger partial charge in [0, 0.05) is 39.3 Å². The van der Waals surface area contributed by atoms with Gasteiger partial charge in [-0.2, -0.15) is 0 Å². The topological polar surface area (TPSA) is 165 Å². The molecule has 1 aromatic heterocycles. The van der Waals surface area contributed by atoms with Crippen LogP contribution in [0.1, 0.15) is 11.3 Å². The van der Waals surface area contributed by atoms with Crippen LogP contribution in [0.5, 0.6) is 0 Å². The fourth-order valence-electron chi connectivity index (χ4n) is 3.34. The van der Waals surface area contributed by atoms with Gasteiger partial charge in [-0.15, -0.1) is 0 Å². The highest BCUT2D eigenvalue weighted by Gasteiger charge is 2.25. The molecular weight excluding hydrogens is 426 g/mol. The van der Waals surface area contributed by atoms with Crippen LogP contribution in [-0.2, 0) is 34.3 Å². The van der Waals surface area contributed by atoms with Crippen molar-refractivity contribution in [2.75, 3.05) is 32.7 Å². The Balaban J connectivity index is 1.54. The lowest BCUT2D eigenvalue weighted by Crippen LogP contribution is -2.43. The Kier molecular flexibility index (Phi) is 7.33. The van der Waals surface area contributed by atoms with Crippen molar-refractivity contribution in [2.24, 2.45) is 5.14 Å². The molecule has 1 fully saturated rings. The third-order valence-electron chi connectivity index (χ3n) is 4.94. The van der Waals surface area contributed by atoms with E-state index >= 15 is 0 Å². The van der Waals surface area contributed by atoms with Crippen molar-refractivity contribution in [3.05, 3.63) is 52.0 Å². The highest BCUT2D eigenvalue weighted by molar-refractivity contribution is 7.89. The zero-order chi connectivity index (χ0) is 22.4. The summed E-state index contributed by atoms with van der Waals surface area (Å²) in [5.41, 5.74) is 1.16. The number of hydrogen-bond acceptors (Lipinski definition) is 8. The van der Waals surface area contributed by atoms with Gasteiger partial charge in [-0.25, -0.2) is 23.1 Å². The fraction of sp³-hybridized carbons (Fsp3) is 0.444. The Labute approximate surface area is 179 Å². The van der Waals surface area contributed by atoms with Gasteiger partial charge in [0.25, 0.3) is 5.91 Å². The molecule has 31 heavy (non-hydrogen) atoms. The lowest BCUT2D eigenvalue weighted by molar-refractivity contribution is -0.392. The molecule has 0 radical (unpaired) electrons. The minimum Gasteiger partial charge on any atom is -0.358 e. The lowest BCUT2D eigenvalue weighted by atomic mass is 10.1. The van der Waals surface area contributed by atoms with E-state index in [-0.39, 0.29) is 23.2 Å². The molecule has 13 heteroatoms. The molecule has 168 valence electrons. The zero-order valence-electron chi connectivity index (χ0n) is 16.9. The summed E-state index contributed by atoms with van der Waals surface area (Å²) in [7, 11) is -3.75. The number of benzene rings is 1. The molecule has 1 saturated heterocycles. The van der Waals surface area contributed by atoms with Gasteiger partial charge in [-0.1, -0.05) is 12.1 Å². The van der Waals surface area contributed by atoms with E-state index in [1.54, 1.807) is 12.1 Å². The average molecular weight is 452 g/mol. The van der Waals surface area contributed by atoms with Crippen molar-refractivity contribution in [3.63, 3.8) is 0 Å². The maximum Gasteiger partial charge on any atom is 0.347 e. The number of amides is 1. The third-order valence-corrected chi connectivity index (χ3v) is 5.87. The number of aromatic nitrogens is 2. The first kappa shape index (κ1) is 22.8. The molecule has 1 amide bonds. The largest absolute Gasteiger partial charge is 0.358 e. The first-order chi connectivity index (χ1) is 14.7. The van der Waals surface area contributed by atoms with E-state index in [9.17, 15) is 23.3 Å². The van der Waals surface area contributed by atoms with Gasteiger partial charge in [-0.05, 0) is 29.0 Å². The maximum absolute atomic E-state index is 12.3. The van der Waals surface area contributed by atoms with Gasteiger partial charge in [-0.3, -0.25) is 9.69 Å². The summed E-state index contributed by atoms with van der Waals surface area (Å²) in [5, 5.41) is 22.5. The van der Waals surface area contributed by atoms with E-state index in [1.165, 1.54) is 23.0 Å². The summed E-state index contributed by atoms with van der Waals surface area (Å²) in [6, 6.07) is 6.05. The van der Waals surface area contributed by atoms with E-state index in [0.717, 1.165) is 31.7 Å². The summed E-state index contributed by atoms with van der Waals surface area (Å²) in [6.07, 6.45) is 1.79. The Morgan fingerprint density at radius 1 is 1.26 bits per heavy atom. The number of sulfonamides is 1. The average Bonchev–Trinajstić information content (AvgIpc) is 3.10. The molecule has 4 N–H and O–H groups in total. The number of nitrogens with two attached hydrogens (primary N) is 1. The second-order valence-electron chi connectivity index (χ2n) is 7.21. The van der Waals surface area contributed by atoms with Crippen LogP contribution in [0, 0.1) is 10.1 Å². The first-order valence-electron chi connectivity index (χ1n) is 9.74. The van der Waals surface area contributed by atoms with Gasteiger partial charge >= 0.3 is 5.82 Å². The summed E-state index contributed by atoms with van der Waals surface area (Å²) >= 11 is 0. The number of rotatable bonds is 9. The number of nitro groups is 1. The maximum atomic E-state index is 12.3. The van der Waals surface area contributed by atoms with E-state index in [0.29, 0.717) is 25.2 Å². The summed E-state index contributed by atoms with van der Waals surface area (Å²) in [6.45, 7) is 3.65. The second kappa shape index (κ2) is 9.96. The normalized spacial score (nSPS) is 15.0. The number of carbonyl (C=O) groups excluding carboxylic acids is 1. The number of nitrogens with zero attached hydrogens (tertiary/aromatic N) is 4. The van der Waals surface area contributed by atoms with Crippen LogP contribution >= 0.6 is 0 Å². The number of nitrogens with one attached hydrogen (secondary N) is 2. The Hall–Kier alpha value is -2.87. The first-order valence-corrected chi connectivity index (χ1v) is 11.3. The predicted octanol–water partition coefficient (Wildman–Crippen LogP) is -0.797. The molecule has 1 aromatic carbocycles. The quantitative estimate of drug-likeness (QED) is 0.329. The van der Waals surface area contributed by atoms with Crippen LogP contribution in [0.2, 0.25) is 0 Å². The molecule has 0 spiro atoms. The molecule has 12 nitrogen and oxygen atoms in total. The molecule has 2 heterocycles. The predicted molar refractivity (Wildman–Crippen MR) is 112 cm³/mol. The Morgan fingerprint density at radius 2 is 1.94 bits per heavy atom. The van der Waals surface area contributed by atoms with E-state index in [4.69, 9.17) is 5.14 Å². The molecule has 0 aliphatic carbocycles. The van der Waals surface area contributed by atoms with Gasteiger partial charge in [0.1, 0.15) is 0 Å². The molecule has 0 saturated carbocycles. The van der Waals surface area contributed by atoms with E-state index in [2.05, 4.69) is 20.5 Å².